The Labute approximate surface area is 169 Å². The fraction of sp³-hybridized carbons (Fsp3) is 0.208. The quantitative estimate of drug-likeness (QED) is 0.401. The molecule has 0 unspecified atom stereocenters. The highest BCUT2D eigenvalue weighted by atomic mass is 32.2. The van der Waals surface area contributed by atoms with Gasteiger partial charge in [0, 0.05) is 12.1 Å². The predicted octanol–water partition coefficient (Wildman–Crippen LogP) is 5.34. The van der Waals surface area contributed by atoms with Crippen LogP contribution in [0.1, 0.15) is 18.1 Å². The van der Waals surface area contributed by atoms with E-state index in [1.165, 1.54) is 14.7 Å². The molecule has 0 N–H and O–H groups in total. The normalized spacial score (nSPS) is 10.7. The smallest absolute Gasteiger partial charge is 0.344 e. The molecule has 3 aromatic carbocycles. The fourth-order valence-electron chi connectivity index (χ4n) is 3.11. The van der Waals surface area contributed by atoms with Crippen LogP contribution < -0.4 is 4.74 Å². The Balaban J connectivity index is 1.97. The van der Waals surface area contributed by atoms with Gasteiger partial charge < -0.3 is 9.47 Å². The third kappa shape index (κ3) is 4.76. The number of hydrogen-bond donors (Lipinski definition) is 0. The van der Waals surface area contributed by atoms with Gasteiger partial charge in [-0.3, -0.25) is 0 Å². The van der Waals surface area contributed by atoms with Crippen LogP contribution in [0.25, 0.3) is 0 Å². The first-order chi connectivity index (χ1) is 13.6. The predicted molar refractivity (Wildman–Crippen MR) is 113 cm³/mol. The number of carbonyl (C=O) groups excluding carboxylic acids is 1. The zero-order valence-corrected chi connectivity index (χ0v) is 17.3. The molecule has 0 aliphatic rings. The Bertz CT molecular complexity index is 861. The maximum absolute atomic E-state index is 11.6. The van der Waals surface area contributed by atoms with Crippen molar-refractivity contribution in [1.29, 1.82) is 0 Å². The summed E-state index contributed by atoms with van der Waals surface area (Å²) in [4.78, 5) is 15.4. The molecule has 0 saturated carbocycles. The third-order valence-electron chi connectivity index (χ3n) is 4.27. The van der Waals surface area contributed by atoms with E-state index in [2.05, 4.69) is 60.7 Å². The van der Waals surface area contributed by atoms with E-state index in [1.54, 1.807) is 6.92 Å². The van der Waals surface area contributed by atoms with Gasteiger partial charge in [-0.15, -0.1) is 0 Å². The van der Waals surface area contributed by atoms with E-state index in [4.69, 9.17) is 9.47 Å². The van der Waals surface area contributed by atoms with Gasteiger partial charge in [0.05, 0.1) is 17.5 Å². The molecule has 0 amide bonds. The van der Waals surface area contributed by atoms with Gasteiger partial charge in [0.2, 0.25) is 0 Å². The molecule has 0 aromatic heterocycles. The molecule has 0 aliphatic heterocycles. The molecule has 28 heavy (non-hydrogen) atoms. The topological polar surface area (TPSA) is 35.5 Å². The van der Waals surface area contributed by atoms with Crippen LogP contribution >= 0.6 is 0 Å². The standard InChI is InChI=1S/C24H25O3S/c1-4-26-23(25)17-27-24-18(2)15-22(16-19(24)3)28(20-11-7-5-8-12-20)21-13-9-6-10-14-21/h5-16H,4,17H2,1-3H3/q+1. The number of carbonyl (C=O) groups is 1. The van der Waals surface area contributed by atoms with E-state index >= 15 is 0 Å². The summed E-state index contributed by atoms with van der Waals surface area (Å²) in [5.74, 6) is 0.403. The van der Waals surface area contributed by atoms with Crippen LogP contribution in [0, 0.1) is 13.8 Å². The van der Waals surface area contributed by atoms with Crippen molar-refractivity contribution in [2.24, 2.45) is 0 Å². The molecule has 0 heterocycles. The Morgan fingerprint density at radius 2 is 1.32 bits per heavy atom. The van der Waals surface area contributed by atoms with E-state index in [9.17, 15) is 4.79 Å². The highest BCUT2D eigenvalue weighted by Crippen LogP contribution is 2.35. The van der Waals surface area contributed by atoms with Crippen LogP contribution in [-0.4, -0.2) is 19.2 Å². The lowest BCUT2D eigenvalue weighted by molar-refractivity contribution is -0.145. The van der Waals surface area contributed by atoms with E-state index in [-0.39, 0.29) is 23.5 Å². The number of hydrogen-bond acceptors (Lipinski definition) is 3. The van der Waals surface area contributed by atoms with Crippen molar-refractivity contribution >= 4 is 16.9 Å². The Morgan fingerprint density at radius 1 is 0.821 bits per heavy atom. The molecule has 3 rings (SSSR count). The van der Waals surface area contributed by atoms with E-state index in [0.717, 1.165) is 16.9 Å². The summed E-state index contributed by atoms with van der Waals surface area (Å²) in [6.07, 6.45) is 0. The van der Waals surface area contributed by atoms with Gasteiger partial charge in [0.1, 0.15) is 5.75 Å². The first kappa shape index (κ1) is 20.0. The highest BCUT2D eigenvalue weighted by molar-refractivity contribution is 7.97. The van der Waals surface area contributed by atoms with Gasteiger partial charge in [-0.25, -0.2) is 4.79 Å². The van der Waals surface area contributed by atoms with E-state index in [1.807, 2.05) is 26.0 Å². The Hall–Kier alpha value is -2.72. The van der Waals surface area contributed by atoms with Crippen LogP contribution in [0.15, 0.2) is 87.5 Å². The van der Waals surface area contributed by atoms with Crippen LogP contribution in [0.3, 0.4) is 0 Å². The van der Waals surface area contributed by atoms with Crippen LogP contribution in [0.2, 0.25) is 0 Å². The maximum atomic E-state index is 11.6. The van der Waals surface area contributed by atoms with Crippen molar-refractivity contribution < 1.29 is 14.3 Å². The van der Waals surface area contributed by atoms with Crippen molar-refractivity contribution in [1.82, 2.24) is 0 Å². The van der Waals surface area contributed by atoms with E-state index < -0.39 is 0 Å². The number of benzene rings is 3. The lowest BCUT2D eigenvalue weighted by Gasteiger charge is -2.14. The largest absolute Gasteiger partial charge is 0.481 e. The second-order valence-corrected chi connectivity index (χ2v) is 8.44. The summed E-state index contributed by atoms with van der Waals surface area (Å²) in [7, 11) is -0.206. The average molecular weight is 394 g/mol. The van der Waals surface area contributed by atoms with Crippen LogP contribution in [-0.2, 0) is 20.4 Å². The molecule has 0 atom stereocenters. The molecular formula is C24H25O3S+. The maximum Gasteiger partial charge on any atom is 0.344 e. The minimum atomic E-state index is -0.348. The lowest BCUT2D eigenvalue weighted by Crippen LogP contribution is -2.15. The summed E-state index contributed by atoms with van der Waals surface area (Å²) >= 11 is 0. The number of esters is 1. The highest BCUT2D eigenvalue weighted by Gasteiger charge is 2.29. The summed E-state index contributed by atoms with van der Waals surface area (Å²) in [6, 6.07) is 25.4. The number of aryl methyl sites for hydroxylation is 2. The lowest BCUT2D eigenvalue weighted by atomic mass is 10.1. The third-order valence-corrected chi connectivity index (χ3v) is 6.46. The molecule has 0 saturated heterocycles. The molecule has 0 radical (unpaired) electrons. The summed E-state index contributed by atoms with van der Waals surface area (Å²) < 4.78 is 10.7. The van der Waals surface area contributed by atoms with Crippen molar-refractivity contribution in [3.05, 3.63) is 83.9 Å². The molecule has 144 valence electrons. The summed E-state index contributed by atoms with van der Waals surface area (Å²) in [6.45, 7) is 6.12. The summed E-state index contributed by atoms with van der Waals surface area (Å²) in [5, 5.41) is 0. The van der Waals surface area contributed by atoms with Crippen LogP contribution in [0.5, 0.6) is 5.75 Å². The van der Waals surface area contributed by atoms with Gasteiger partial charge >= 0.3 is 5.97 Å². The second-order valence-electron chi connectivity index (χ2n) is 6.41. The van der Waals surface area contributed by atoms with Crippen molar-refractivity contribution in [2.75, 3.05) is 13.2 Å². The minimum absolute atomic E-state index is 0.0715. The molecule has 3 nitrogen and oxygen atoms in total. The molecule has 0 bridgehead atoms. The minimum Gasteiger partial charge on any atom is -0.481 e. The number of rotatable bonds is 7. The molecule has 3 aromatic rings. The van der Waals surface area contributed by atoms with Crippen molar-refractivity contribution in [2.45, 2.75) is 35.5 Å². The molecular weight excluding hydrogens is 368 g/mol. The van der Waals surface area contributed by atoms with Gasteiger partial charge in [0.25, 0.3) is 0 Å². The first-order valence-corrected chi connectivity index (χ1v) is 10.6. The Kier molecular flexibility index (Phi) is 6.77. The number of ether oxygens (including phenoxy) is 2. The molecule has 0 aliphatic carbocycles. The van der Waals surface area contributed by atoms with Gasteiger partial charge in [-0.05, 0) is 56.2 Å². The molecule has 0 spiro atoms. The monoisotopic (exact) mass is 393 g/mol. The van der Waals surface area contributed by atoms with Gasteiger partial charge in [-0.2, -0.15) is 0 Å². The summed E-state index contributed by atoms with van der Waals surface area (Å²) in [5.41, 5.74) is 2.03. The Morgan fingerprint density at radius 3 is 1.79 bits per heavy atom. The van der Waals surface area contributed by atoms with Crippen molar-refractivity contribution in [3.63, 3.8) is 0 Å². The second kappa shape index (κ2) is 9.47. The zero-order valence-electron chi connectivity index (χ0n) is 16.5. The molecule has 4 heteroatoms. The van der Waals surface area contributed by atoms with E-state index in [0.29, 0.717) is 6.61 Å². The van der Waals surface area contributed by atoms with Crippen LogP contribution in [0.4, 0.5) is 0 Å². The first-order valence-electron chi connectivity index (χ1n) is 9.34. The fourth-order valence-corrected chi connectivity index (χ4v) is 5.38. The van der Waals surface area contributed by atoms with Crippen molar-refractivity contribution in [3.8, 4) is 5.75 Å². The van der Waals surface area contributed by atoms with Gasteiger partial charge in [-0.1, -0.05) is 36.4 Å². The SMILES string of the molecule is CCOC(=O)COc1c(C)cc([S+](c2ccccc2)c2ccccc2)cc1C. The zero-order chi connectivity index (χ0) is 19.9. The van der Waals surface area contributed by atoms with Gasteiger partial charge in [0.15, 0.2) is 21.3 Å². The average Bonchev–Trinajstić information content (AvgIpc) is 2.69. The molecule has 0 fully saturated rings.